The molecule has 0 atom stereocenters. The molecule has 1 aromatic carbocycles. The Morgan fingerprint density at radius 3 is 2.64 bits per heavy atom. The van der Waals surface area contributed by atoms with Crippen LogP contribution in [0.25, 0.3) is 0 Å². The second-order valence-electron chi connectivity index (χ2n) is 6.93. The van der Waals surface area contributed by atoms with E-state index < -0.39 is 0 Å². The highest BCUT2D eigenvalue weighted by atomic mass is 16.5. The first-order chi connectivity index (χ1) is 13.7. The number of terminal acetylenes is 1. The van der Waals surface area contributed by atoms with Gasteiger partial charge in [0.2, 0.25) is 5.91 Å². The zero-order valence-electron chi connectivity index (χ0n) is 17.0. The van der Waals surface area contributed by atoms with Crippen LogP contribution in [0.5, 0.6) is 5.75 Å². The number of hydrogen-bond acceptors (Lipinski definition) is 3. The van der Waals surface area contributed by atoms with Crippen molar-refractivity contribution in [3.05, 3.63) is 29.8 Å². The van der Waals surface area contributed by atoms with Crippen LogP contribution in [0.15, 0.2) is 29.3 Å². The molecule has 6 nitrogen and oxygen atoms in total. The lowest BCUT2D eigenvalue weighted by molar-refractivity contribution is -0.121. The summed E-state index contributed by atoms with van der Waals surface area (Å²) in [7, 11) is 1.70. The SMILES string of the molecule is C#CCOc1ccc(CCN=C(NCC)N2CCC(CC(=O)NC)CC2)cc1. The highest BCUT2D eigenvalue weighted by Crippen LogP contribution is 2.20. The molecule has 6 heteroatoms. The molecule has 1 fully saturated rings. The number of nitrogens with one attached hydrogen (secondary N) is 2. The molecule has 28 heavy (non-hydrogen) atoms. The van der Waals surface area contributed by atoms with Gasteiger partial charge in [-0.1, -0.05) is 18.1 Å². The minimum Gasteiger partial charge on any atom is -0.481 e. The number of nitrogens with zero attached hydrogens (tertiary/aromatic N) is 2. The minimum absolute atomic E-state index is 0.134. The molecule has 1 amide bonds. The van der Waals surface area contributed by atoms with Gasteiger partial charge in [-0.3, -0.25) is 9.79 Å². The molecule has 152 valence electrons. The molecule has 0 radical (unpaired) electrons. The number of aliphatic imine (C=N–C) groups is 1. The number of carbonyl (C=O) groups excluding carboxylic acids is 1. The Kier molecular flexibility index (Phi) is 9.20. The predicted molar refractivity (Wildman–Crippen MR) is 113 cm³/mol. The molecular weight excluding hydrogens is 352 g/mol. The van der Waals surface area contributed by atoms with Crippen LogP contribution in [0.4, 0.5) is 0 Å². The third-order valence-corrected chi connectivity index (χ3v) is 4.91. The van der Waals surface area contributed by atoms with E-state index in [1.807, 2.05) is 12.1 Å². The molecule has 1 heterocycles. The van der Waals surface area contributed by atoms with E-state index in [1.54, 1.807) is 7.05 Å². The maximum atomic E-state index is 11.6. The molecule has 2 N–H and O–H groups in total. The summed E-state index contributed by atoms with van der Waals surface area (Å²) in [6.45, 7) is 5.82. The van der Waals surface area contributed by atoms with Gasteiger partial charge in [-0.2, -0.15) is 0 Å². The van der Waals surface area contributed by atoms with Crippen LogP contribution in [0.2, 0.25) is 0 Å². The Balaban J connectivity index is 1.83. The van der Waals surface area contributed by atoms with Gasteiger partial charge >= 0.3 is 0 Å². The van der Waals surface area contributed by atoms with Crippen LogP contribution < -0.4 is 15.4 Å². The van der Waals surface area contributed by atoms with Crippen molar-refractivity contribution >= 4 is 11.9 Å². The van der Waals surface area contributed by atoms with Gasteiger partial charge in [-0.25, -0.2) is 0 Å². The standard InChI is InChI=1S/C22H32N4O2/c1-4-16-28-20-8-6-18(7-9-20)10-13-25-22(24-5-2)26-14-11-19(12-15-26)17-21(27)23-3/h1,6-9,19H,5,10-17H2,2-3H3,(H,23,27)(H,24,25). The van der Waals surface area contributed by atoms with Gasteiger partial charge in [0.05, 0.1) is 0 Å². The summed E-state index contributed by atoms with van der Waals surface area (Å²) in [4.78, 5) is 18.7. The number of piperidine rings is 1. The van der Waals surface area contributed by atoms with E-state index in [9.17, 15) is 4.79 Å². The van der Waals surface area contributed by atoms with Crippen LogP contribution in [0, 0.1) is 18.3 Å². The fraction of sp³-hybridized carbons (Fsp3) is 0.545. The zero-order chi connectivity index (χ0) is 20.2. The van der Waals surface area contributed by atoms with E-state index in [0.717, 1.165) is 57.2 Å². The lowest BCUT2D eigenvalue weighted by atomic mass is 9.93. The number of ether oxygens (including phenoxy) is 1. The number of benzene rings is 1. The van der Waals surface area contributed by atoms with Crippen molar-refractivity contribution in [3.8, 4) is 18.1 Å². The molecule has 0 spiro atoms. The molecule has 1 saturated heterocycles. The monoisotopic (exact) mass is 384 g/mol. The largest absolute Gasteiger partial charge is 0.481 e. The topological polar surface area (TPSA) is 66.0 Å². The van der Waals surface area contributed by atoms with Crippen molar-refractivity contribution in [3.63, 3.8) is 0 Å². The quantitative estimate of drug-likeness (QED) is 0.409. The fourth-order valence-corrected chi connectivity index (χ4v) is 3.31. The summed E-state index contributed by atoms with van der Waals surface area (Å²) < 4.78 is 5.40. The summed E-state index contributed by atoms with van der Waals surface area (Å²) in [5, 5.41) is 6.11. The lowest BCUT2D eigenvalue weighted by Gasteiger charge is -2.34. The summed E-state index contributed by atoms with van der Waals surface area (Å²) in [5.74, 6) is 4.82. The first kappa shape index (κ1) is 21.6. The number of carbonyl (C=O) groups is 1. The first-order valence-electron chi connectivity index (χ1n) is 10.0. The van der Waals surface area contributed by atoms with Crippen molar-refractivity contribution in [2.45, 2.75) is 32.6 Å². The van der Waals surface area contributed by atoms with E-state index >= 15 is 0 Å². The average molecular weight is 385 g/mol. The maximum absolute atomic E-state index is 11.6. The predicted octanol–water partition coefficient (Wildman–Crippen LogP) is 2.05. The Bertz CT molecular complexity index is 671. The zero-order valence-corrected chi connectivity index (χ0v) is 17.0. The Labute approximate surface area is 168 Å². The van der Waals surface area contributed by atoms with E-state index in [-0.39, 0.29) is 12.5 Å². The number of amides is 1. The Morgan fingerprint density at radius 1 is 1.32 bits per heavy atom. The second-order valence-corrected chi connectivity index (χ2v) is 6.93. The van der Waals surface area contributed by atoms with E-state index in [4.69, 9.17) is 16.2 Å². The van der Waals surface area contributed by atoms with Crippen LogP contribution in [0.3, 0.4) is 0 Å². The molecule has 1 aliphatic rings. The van der Waals surface area contributed by atoms with E-state index in [2.05, 4.69) is 40.5 Å². The number of rotatable bonds is 8. The van der Waals surface area contributed by atoms with Crippen molar-refractivity contribution in [1.29, 1.82) is 0 Å². The normalized spacial score (nSPS) is 15.0. The lowest BCUT2D eigenvalue weighted by Crippen LogP contribution is -2.46. The van der Waals surface area contributed by atoms with Crippen LogP contribution in [-0.4, -0.2) is 56.6 Å². The van der Waals surface area contributed by atoms with Crippen molar-refractivity contribution in [2.24, 2.45) is 10.9 Å². The van der Waals surface area contributed by atoms with Gasteiger partial charge in [0.25, 0.3) is 0 Å². The van der Waals surface area contributed by atoms with Gasteiger partial charge in [0, 0.05) is 39.6 Å². The highest BCUT2D eigenvalue weighted by Gasteiger charge is 2.22. The molecule has 2 rings (SSSR count). The molecule has 0 bridgehead atoms. The van der Waals surface area contributed by atoms with Crippen molar-refractivity contribution in [2.75, 3.05) is 39.8 Å². The maximum Gasteiger partial charge on any atom is 0.220 e. The van der Waals surface area contributed by atoms with Crippen molar-refractivity contribution in [1.82, 2.24) is 15.5 Å². The third-order valence-electron chi connectivity index (χ3n) is 4.91. The number of guanidine groups is 1. The fourth-order valence-electron chi connectivity index (χ4n) is 3.31. The highest BCUT2D eigenvalue weighted by molar-refractivity contribution is 5.80. The third kappa shape index (κ3) is 7.15. The van der Waals surface area contributed by atoms with Crippen LogP contribution >= 0.6 is 0 Å². The Hall–Kier alpha value is -2.68. The molecular formula is C22H32N4O2. The summed E-state index contributed by atoms with van der Waals surface area (Å²) in [6, 6.07) is 7.99. The van der Waals surface area contributed by atoms with E-state index in [1.165, 1.54) is 5.56 Å². The van der Waals surface area contributed by atoms with E-state index in [0.29, 0.717) is 12.3 Å². The molecule has 0 aliphatic carbocycles. The molecule has 0 aromatic heterocycles. The van der Waals surface area contributed by atoms with Gasteiger partial charge in [-0.15, -0.1) is 6.42 Å². The summed E-state index contributed by atoms with van der Waals surface area (Å²) in [5.41, 5.74) is 1.22. The average Bonchev–Trinajstić information content (AvgIpc) is 2.73. The van der Waals surface area contributed by atoms with Gasteiger partial charge in [0.1, 0.15) is 12.4 Å². The number of likely N-dealkylation sites (tertiary alicyclic amines) is 1. The first-order valence-corrected chi connectivity index (χ1v) is 10.0. The summed E-state index contributed by atoms with van der Waals surface area (Å²) in [6.07, 6.45) is 8.75. The number of hydrogen-bond donors (Lipinski definition) is 2. The summed E-state index contributed by atoms with van der Waals surface area (Å²) >= 11 is 0. The van der Waals surface area contributed by atoms with Gasteiger partial charge in [0.15, 0.2) is 5.96 Å². The molecule has 1 aromatic rings. The van der Waals surface area contributed by atoms with Gasteiger partial charge < -0.3 is 20.3 Å². The Morgan fingerprint density at radius 2 is 2.04 bits per heavy atom. The molecule has 0 saturated carbocycles. The van der Waals surface area contributed by atoms with Crippen LogP contribution in [-0.2, 0) is 11.2 Å². The molecule has 1 aliphatic heterocycles. The van der Waals surface area contributed by atoms with Crippen LogP contribution in [0.1, 0.15) is 31.7 Å². The second kappa shape index (κ2) is 11.9. The van der Waals surface area contributed by atoms with Gasteiger partial charge in [-0.05, 0) is 49.8 Å². The molecule has 0 unspecified atom stereocenters. The smallest absolute Gasteiger partial charge is 0.220 e. The minimum atomic E-state index is 0.134. The van der Waals surface area contributed by atoms with Crippen molar-refractivity contribution < 1.29 is 9.53 Å².